The minimum absolute atomic E-state index is 0.224. The van der Waals surface area contributed by atoms with Gasteiger partial charge < -0.3 is 20.3 Å². The highest BCUT2D eigenvalue weighted by Gasteiger charge is 2.26. The topological polar surface area (TPSA) is 83.6 Å². The summed E-state index contributed by atoms with van der Waals surface area (Å²) in [6.07, 6.45) is 2.71. The Kier molecular flexibility index (Phi) is 7.01. The molecule has 2 amide bonds. The van der Waals surface area contributed by atoms with E-state index in [9.17, 15) is 18.4 Å². The quantitative estimate of drug-likeness (QED) is 0.560. The summed E-state index contributed by atoms with van der Waals surface area (Å²) in [5.74, 6) is -1.54. The second-order valence-corrected chi connectivity index (χ2v) is 7.94. The molecule has 0 bridgehead atoms. The van der Waals surface area contributed by atoms with Crippen molar-refractivity contribution in [2.45, 2.75) is 12.8 Å². The highest BCUT2D eigenvalue weighted by Crippen LogP contribution is 2.26. The van der Waals surface area contributed by atoms with Crippen LogP contribution in [-0.2, 0) is 4.79 Å². The molecule has 3 aromatic rings. The third-order valence-electron chi connectivity index (χ3n) is 5.74. The number of methoxy groups -OCH3 is 1. The zero-order valence-electron chi connectivity index (χ0n) is 18.6. The van der Waals surface area contributed by atoms with E-state index in [1.54, 1.807) is 30.5 Å². The number of benzene rings is 2. The maximum Gasteiger partial charge on any atom is 0.255 e. The smallest absolute Gasteiger partial charge is 0.255 e. The number of ether oxygens (including phenoxy) is 1. The number of piperidine rings is 1. The van der Waals surface area contributed by atoms with Gasteiger partial charge in [0.25, 0.3) is 5.91 Å². The van der Waals surface area contributed by atoms with Gasteiger partial charge in [-0.05, 0) is 49.2 Å². The molecule has 4 rings (SSSR count). The number of carbonyl (C=O) groups excluding carboxylic acids is 2. The fourth-order valence-electron chi connectivity index (χ4n) is 3.86. The predicted octanol–water partition coefficient (Wildman–Crippen LogP) is 4.48. The molecule has 0 unspecified atom stereocenters. The van der Waals surface area contributed by atoms with E-state index in [1.165, 1.54) is 13.2 Å². The predicted molar refractivity (Wildman–Crippen MR) is 125 cm³/mol. The molecule has 2 N–H and O–H groups in total. The van der Waals surface area contributed by atoms with Gasteiger partial charge in [-0.15, -0.1) is 0 Å². The van der Waals surface area contributed by atoms with Gasteiger partial charge >= 0.3 is 0 Å². The Bertz CT molecular complexity index is 1200. The minimum Gasteiger partial charge on any atom is -0.495 e. The standard InChI is InChI=1S/C25H24F2N4O3/c1-34-22-5-3-2-4-21(22)30-25(33)17-8-11-28-23(14-17)31-12-9-16(10-13-31)24(32)29-18-6-7-19(26)20(27)15-18/h2-8,11,14-16H,9-10,12-13H2,1H3,(H,29,32)(H,30,33). The van der Waals surface area contributed by atoms with Crippen molar-refractivity contribution in [3.8, 4) is 5.75 Å². The first-order chi connectivity index (χ1) is 16.4. The lowest BCUT2D eigenvalue weighted by molar-refractivity contribution is -0.120. The summed E-state index contributed by atoms with van der Waals surface area (Å²) < 4.78 is 31.7. The van der Waals surface area contributed by atoms with Crippen molar-refractivity contribution in [2.75, 3.05) is 35.7 Å². The molecule has 0 radical (unpaired) electrons. The molecule has 176 valence electrons. The van der Waals surface area contributed by atoms with E-state index >= 15 is 0 Å². The maximum absolute atomic E-state index is 13.4. The van der Waals surface area contributed by atoms with Crippen LogP contribution in [0.1, 0.15) is 23.2 Å². The number of halogens is 2. The minimum atomic E-state index is -1.01. The van der Waals surface area contributed by atoms with E-state index in [0.29, 0.717) is 48.7 Å². The summed E-state index contributed by atoms with van der Waals surface area (Å²) in [7, 11) is 1.54. The van der Waals surface area contributed by atoms with Crippen LogP contribution in [0, 0.1) is 17.6 Å². The van der Waals surface area contributed by atoms with Crippen molar-refractivity contribution in [1.82, 2.24) is 4.98 Å². The number of amides is 2. The van der Waals surface area contributed by atoms with E-state index in [-0.39, 0.29) is 23.4 Å². The normalized spacial score (nSPS) is 13.9. The average Bonchev–Trinajstić information content (AvgIpc) is 2.86. The largest absolute Gasteiger partial charge is 0.495 e. The molecule has 0 atom stereocenters. The van der Waals surface area contributed by atoms with Crippen molar-refractivity contribution >= 4 is 29.0 Å². The van der Waals surface area contributed by atoms with Crippen LogP contribution in [0.15, 0.2) is 60.8 Å². The molecule has 0 aliphatic carbocycles. The van der Waals surface area contributed by atoms with E-state index in [1.807, 2.05) is 17.0 Å². The van der Waals surface area contributed by atoms with Crippen molar-refractivity contribution in [3.05, 3.63) is 78.0 Å². The van der Waals surface area contributed by atoms with Crippen molar-refractivity contribution in [3.63, 3.8) is 0 Å². The first kappa shape index (κ1) is 23.2. The zero-order valence-corrected chi connectivity index (χ0v) is 18.6. The Morgan fingerprint density at radius 2 is 1.76 bits per heavy atom. The van der Waals surface area contributed by atoms with Crippen molar-refractivity contribution < 1.29 is 23.1 Å². The van der Waals surface area contributed by atoms with Crippen LogP contribution in [-0.4, -0.2) is 37.0 Å². The molecule has 1 aliphatic rings. The Labute approximate surface area is 195 Å². The molecule has 7 nitrogen and oxygen atoms in total. The van der Waals surface area contributed by atoms with E-state index in [0.717, 1.165) is 12.1 Å². The summed E-state index contributed by atoms with van der Waals surface area (Å²) >= 11 is 0. The number of nitrogens with one attached hydrogen (secondary N) is 2. The molecule has 0 spiro atoms. The molecule has 9 heteroatoms. The lowest BCUT2D eigenvalue weighted by Crippen LogP contribution is -2.38. The van der Waals surface area contributed by atoms with E-state index < -0.39 is 11.6 Å². The first-order valence-corrected chi connectivity index (χ1v) is 10.9. The van der Waals surface area contributed by atoms with Gasteiger partial charge in [0.2, 0.25) is 5.91 Å². The van der Waals surface area contributed by atoms with Gasteiger partial charge in [0.05, 0.1) is 12.8 Å². The number of rotatable bonds is 6. The first-order valence-electron chi connectivity index (χ1n) is 10.9. The van der Waals surface area contributed by atoms with Crippen molar-refractivity contribution in [2.24, 2.45) is 5.92 Å². The van der Waals surface area contributed by atoms with E-state index in [4.69, 9.17) is 4.74 Å². The van der Waals surface area contributed by atoms with Crippen molar-refractivity contribution in [1.29, 1.82) is 0 Å². The number of hydrogen-bond acceptors (Lipinski definition) is 5. The van der Waals surface area contributed by atoms with Crippen LogP contribution in [0.4, 0.5) is 26.0 Å². The third kappa shape index (κ3) is 5.31. The molecule has 34 heavy (non-hydrogen) atoms. The summed E-state index contributed by atoms with van der Waals surface area (Å²) in [6.45, 7) is 1.14. The fraction of sp³-hybridized carbons (Fsp3) is 0.240. The summed E-state index contributed by atoms with van der Waals surface area (Å²) in [6, 6.07) is 13.8. The van der Waals surface area contributed by atoms with Gasteiger partial charge in [0, 0.05) is 42.5 Å². The number of para-hydroxylation sites is 2. The Morgan fingerprint density at radius 3 is 2.50 bits per heavy atom. The maximum atomic E-state index is 13.4. The number of pyridine rings is 1. The second kappa shape index (κ2) is 10.3. The molecule has 1 aromatic heterocycles. The highest BCUT2D eigenvalue weighted by atomic mass is 19.2. The van der Waals surface area contributed by atoms with Crippen LogP contribution >= 0.6 is 0 Å². The van der Waals surface area contributed by atoms with Gasteiger partial charge in [-0.1, -0.05) is 12.1 Å². The molecule has 2 heterocycles. The monoisotopic (exact) mass is 466 g/mol. The molecule has 2 aromatic carbocycles. The number of anilines is 3. The number of carbonyl (C=O) groups is 2. The van der Waals surface area contributed by atoms with Crippen LogP contribution < -0.4 is 20.3 Å². The second-order valence-electron chi connectivity index (χ2n) is 7.94. The Balaban J connectivity index is 1.36. The molecular formula is C25H24F2N4O3. The van der Waals surface area contributed by atoms with Gasteiger partial charge in [0.1, 0.15) is 11.6 Å². The molecule has 1 aliphatic heterocycles. The molecule has 1 saturated heterocycles. The molecule has 0 saturated carbocycles. The number of nitrogens with zero attached hydrogens (tertiary/aromatic N) is 2. The summed E-state index contributed by atoms with van der Waals surface area (Å²) in [4.78, 5) is 31.7. The SMILES string of the molecule is COc1ccccc1NC(=O)c1ccnc(N2CCC(C(=O)Nc3ccc(F)c(F)c3)CC2)c1. The Morgan fingerprint density at radius 1 is 1.00 bits per heavy atom. The summed E-state index contributed by atoms with van der Waals surface area (Å²) in [5.41, 5.74) is 1.25. The van der Waals surface area contributed by atoms with Crippen LogP contribution in [0.5, 0.6) is 5.75 Å². The Hall–Kier alpha value is -4.01. The molecule has 1 fully saturated rings. The van der Waals surface area contributed by atoms with Gasteiger partial charge in [-0.25, -0.2) is 13.8 Å². The number of aromatic nitrogens is 1. The number of hydrogen-bond donors (Lipinski definition) is 2. The lowest BCUT2D eigenvalue weighted by atomic mass is 9.95. The van der Waals surface area contributed by atoms with E-state index in [2.05, 4.69) is 15.6 Å². The third-order valence-corrected chi connectivity index (χ3v) is 5.74. The van der Waals surface area contributed by atoms with Crippen LogP contribution in [0.2, 0.25) is 0 Å². The van der Waals surface area contributed by atoms with Crippen LogP contribution in [0.3, 0.4) is 0 Å². The average molecular weight is 466 g/mol. The lowest BCUT2D eigenvalue weighted by Gasteiger charge is -2.32. The van der Waals surface area contributed by atoms with Gasteiger partial charge in [-0.3, -0.25) is 9.59 Å². The highest BCUT2D eigenvalue weighted by molar-refractivity contribution is 6.05. The fourth-order valence-corrected chi connectivity index (χ4v) is 3.86. The summed E-state index contributed by atoms with van der Waals surface area (Å²) in [5, 5.41) is 5.50. The van der Waals surface area contributed by atoms with Gasteiger partial charge in [-0.2, -0.15) is 0 Å². The molecular weight excluding hydrogens is 442 g/mol. The van der Waals surface area contributed by atoms with Crippen LogP contribution in [0.25, 0.3) is 0 Å². The zero-order chi connectivity index (χ0) is 24.1. The van der Waals surface area contributed by atoms with Gasteiger partial charge in [0.15, 0.2) is 11.6 Å².